The van der Waals surface area contributed by atoms with E-state index < -0.39 is 0 Å². The fourth-order valence-corrected chi connectivity index (χ4v) is 1.28. The second-order valence-electron chi connectivity index (χ2n) is 3.65. The summed E-state index contributed by atoms with van der Waals surface area (Å²) in [5.41, 5.74) is 0. The molecule has 6 heteroatoms. The molecule has 1 heterocycles. The third kappa shape index (κ3) is 4.41. The Labute approximate surface area is 94.0 Å². The van der Waals surface area contributed by atoms with Gasteiger partial charge in [0.25, 0.3) is 0 Å². The number of amides is 1. The molecule has 1 aromatic rings. The van der Waals surface area contributed by atoms with Crippen LogP contribution in [-0.4, -0.2) is 35.4 Å². The Hall–Kier alpha value is -1.40. The molecule has 1 atom stereocenters. The van der Waals surface area contributed by atoms with Gasteiger partial charge in [0.1, 0.15) is 5.76 Å². The molecule has 1 amide bonds. The molecule has 0 saturated carbocycles. The van der Waals surface area contributed by atoms with Crippen LogP contribution in [0.3, 0.4) is 0 Å². The number of rotatable bonds is 6. The van der Waals surface area contributed by atoms with E-state index >= 15 is 0 Å². The Morgan fingerprint density at radius 1 is 1.69 bits per heavy atom. The van der Waals surface area contributed by atoms with Crippen LogP contribution >= 0.6 is 0 Å². The van der Waals surface area contributed by atoms with Crippen molar-refractivity contribution in [2.75, 3.05) is 18.5 Å². The Balaban J connectivity index is 2.30. The highest BCUT2D eigenvalue weighted by Gasteiger charge is 2.10. The number of carbonyl (C=O) groups is 1. The van der Waals surface area contributed by atoms with E-state index in [-0.39, 0.29) is 18.6 Å². The molecule has 0 bridgehead atoms. The van der Waals surface area contributed by atoms with Gasteiger partial charge in [0.15, 0.2) is 5.82 Å². The molecular weight excluding hydrogens is 210 g/mol. The monoisotopic (exact) mass is 227 g/mol. The van der Waals surface area contributed by atoms with E-state index in [0.29, 0.717) is 24.5 Å². The Morgan fingerprint density at radius 3 is 3.00 bits per heavy atom. The summed E-state index contributed by atoms with van der Waals surface area (Å²) >= 11 is 0. The maximum absolute atomic E-state index is 11.5. The number of nitrogens with one attached hydrogen (secondary N) is 2. The number of aliphatic hydroxyl groups is 1. The van der Waals surface area contributed by atoms with Gasteiger partial charge in [-0.2, -0.15) is 0 Å². The first-order valence-electron chi connectivity index (χ1n) is 5.19. The predicted octanol–water partition coefficient (Wildman–Crippen LogP) is 0.282. The molecule has 0 aromatic carbocycles. The van der Waals surface area contributed by atoms with E-state index in [2.05, 4.69) is 15.8 Å². The van der Waals surface area contributed by atoms with Crippen molar-refractivity contribution in [3.63, 3.8) is 0 Å². The Kier molecular flexibility index (Phi) is 4.94. The molecule has 90 valence electrons. The maximum atomic E-state index is 11.5. The quantitative estimate of drug-likeness (QED) is 0.650. The predicted molar refractivity (Wildman–Crippen MR) is 59.0 cm³/mol. The van der Waals surface area contributed by atoms with Gasteiger partial charge >= 0.3 is 0 Å². The van der Waals surface area contributed by atoms with E-state index in [1.54, 1.807) is 13.0 Å². The van der Waals surface area contributed by atoms with Crippen LogP contribution in [0.25, 0.3) is 0 Å². The highest BCUT2D eigenvalue weighted by molar-refractivity contribution is 5.90. The Bertz CT molecular complexity index is 338. The lowest BCUT2D eigenvalue weighted by molar-refractivity contribution is -0.116. The molecule has 0 radical (unpaired) electrons. The van der Waals surface area contributed by atoms with E-state index in [9.17, 15) is 4.79 Å². The van der Waals surface area contributed by atoms with Crippen LogP contribution < -0.4 is 10.6 Å². The summed E-state index contributed by atoms with van der Waals surface area (Å²) in [5, 5.41) is 17.9. The zero-order chi connectivity index (χ0) is 12.0. The molecular formula is C10H17N3O3. The van der Waals surface area contributed by atoms with Gasteiger partial charge in [-0.25, -0.2) is 0 Å². The van der Waals surface area contributed by atoms with Crippen molar-refractivity contribution >= 4 is 11.7 Å². The molecule has 16 heavy (non-hydrogen) atoms. The number of carbonyl (C=O) groups excluding carboxylic acids is 1. The van der Waals surface area contributed by atoms with Gasteiger partial charge in [0.05, 0.1) is 6.61 Å². The number of aryl methyl sites for hydroxylation is 1. The molecule has 0 aliphatic carbocycles. The van der Waals surface area contributed by atoms with Crippen LogP contribution in [-0.2, 0) is 4.79 Å². The summed E-state index contributed by atoms with van der Waals surface area (Å²) in [6, 6.07) is 1.67. The van der Waals surface area contributed by atoms with Crippen LogP contribution in [0, 0.1) is 6.92 Å². The first kappa shape index (κ1) is 12.7. The second kappa shape index (κ2) is 6.24. The van der Waals surface area contributed by atoms with Gasteiger partial charge in [-0.15, -0.1) is 0 Å². The minimum atomic E-state index is -0.133. The lowest BCUT2D eigenvalue weighted by atomic mass is 10.2. The van der Waals surface area contributed by atoms with Crippen molar-refractivity contribution in [1.82, 2.24) is 10.5 Å². The third-order valence-corrected chi connectivity index (χ3v) is 1.99. The summed E-state index contributed by atoms with van der Waals surface area (Å²) in [4.78, 5) is 11.5. The van der Waals surface area contributed by atoms with Crippen LogP contribution in [0.1, 0.15) is 19.1 Å². The normalized spacial score (nSPS) is 12.4. The summed E-state index contributed by atoms with van der Waals surface area (Å²) in [6.07, 6.45) is 0.325. The molecule has 0 aliphatic heterocycles. The molecule has 0 fully saturated rings. The average Bonchev–Trinajstić information content (AvgIpc) is 2.60. The summed E-state index contributed by atoms with van der Waals surface area (Å²) in [5.74, 6) is 0.949. The van der Waals surface area contributed by atoms with Crippen molar-refractivity contribution in [1.29, 1.82) is 0 Å². The zero-order valence-corrected chi connectivity index (χ0v) is 9.49. The second-order valence-corrected chi connectivity index (χ2v) is 3.65. The molecule has 1 rings (SSSR count). The van der Waals surface area contributed by atoms with Gasteiger partial charge in [0, 0.05) is 25.1 Å². The number of aliphatic hydroxyl groups excluding tert-OH is 1. The number of anilines is 1. The van der Waals surface area contributed by atoms with Crippen molar-refractivity contribution in [3.05, 3.63) is 11.8 Å². The molecule has 0 spiro atoms. The van der Waals surface area contributed by atoms with Crippen LogP contribution in [0.4, 0.5) is 5.82 Å². The minimum Gasteiger partial charge on any atom is -0.395 e. The minimum absolute atomic E-state index is 0.0140. The van der Waals surface area contributed by atoms with Crippen molar-refractivity contribution in [2.24, 2.45) is 0 Å². The van der Waals surface area contributed by atoms with Crippen LogP contribution in [0.2, 0.25) is 0 Å². The topological polar surface area (TPSA) is 87.4 Å². The zero-order valence-electron chi connectivity index (χ0n) is 9.49. The van der Waals surface area contributed by atoms with E-state index in [1.807, 2.05) is 6.92 Å². The van der Waals surface area contributed by atoms with E-state index in [1.165, 1.54) is 0 Å². The van der Waals surface area contributed by atoms with Gasteiger partial charge < -0.3 is 20.3 Å². The largest absolute Gasteiger partial charge is 0.395 e. The lowest BCUT2D eigenvalue weighted by Crippen LogP contribution is -2.32. The smallest absolute Gasteiger partial charge is 0.227 e. The first-order chi connectivity index (χ1) is 7.61. The van der Waals surface area contributed by atoms with Crippen molar-refractivity contribution in [3.8, 4) is 0 Å². The van der Waals surface area contributed by atoms with Gasteiger partial charge in [-0.3, -0.25) is 4.79 Å². The fraction of sp³-hybridized carbons (Fsp3) is 0.600. The summed E-state index contributed by atoms with van der Waals surface area (Å²) < 4.78 is 4.82. The van der Waals surface area contributed by atoms with Gasteiger partial charge in [0.2, 0.25) is 5.91 Å². The summed E-state index contributed by atoms with van der Waals surface area (Å²) in [6.45, 7) is 4.18. The molecule has 0 saturated heterocycles. The fourth-order valence-electron chi connectivity index (χ4n) is 1.28. The van der Waals surface area contributed by atoms with E-state index in [4.69, 9.17) is 9.63 Å². The summed E-state index contributed by atoms with van der Waals surface area (Å²) in [7, 11) is 0. The van der Waals surface area contributed by atoms with Gasteiger partial charge in [-0.1, -0.05) is 5.16 Å². The first-order valence-corrected chi connectivity index (χ1v) is 5.19. The lowest BCUT2D eigenvalue weighted by Gasteiger charge is -2.11. The number of aromatic nitrogens is 1. The molecule has 3 N–H and O–H groups in total. The standard InChI is InChI=1S/C10H17N3O3/c1-7(11-3-4-14)5-10(15)12-9-6-8(2)16-13-9/h6-7,11,14H,3-5H2,1-2H3,(H,12,13,15). The van der Waals surface area contributed by atoms with Crippen LogP contribution in [0.15, 0.2) is 10.6 Å². The molecule has 1 unspecified atom stereocenters. The van der Waals surface area contributed by atoms with Crippen molar-refractivity contribution in [2.45, 2.75) is 26.3 Å². The molecule has 1 aromatic heterocycles. The van der Waals surface area contributed by atoms with Crippen LogP contribution in [0.5, 0.6) is 0 Å². The molecule has 0 aliphatic rings. The highest BCUT2D eigenvalue weighted by Crippen LogP contribution is 2.07. The Morgan fingerprint density at radius 2 is 2.44 bits per heavy atom. The average molecular weight is 227 g/mol. The van der Waals surface area contributed by atoms with E-state index in [0.717, 1.165) is 0 Å². The van der Waals surface area contributed by atoms with Crippen molar-refractivity contribution < 1.29 is 14.4 Å². The third-order valence-electron chi connectivity index (χ3n) is 1.99. The highest BCUT2D eigenvalue weighted by atomic mass is 16.5. The number of hydrogen-bond donors (Lipinski definition) is 3. The maximum Gasteiger partial charge on any atom is 0.227 e. The van der Waals surface area contributed by atoms with Gasteiger partial charge in [-0.05, 0) is 13.8 Å². The SMILES string of the molecule is Cc1cc(NC(=O)CC(C)NCCO)no1. The number of nitrogens with zero attached hydrogens (tertiary/aromatic N) is 1. The number of hydrogen-bond acceptors (Lipinski definition) is 5. The molecule has 6 nitrogen and oxygen atoms in total.